The Kier molecular flexibility index (Phi) is 3.07. The predicted octanol–water partition coefficient (Wildman–Crippen LogP) is 3.83. The minimum Gasteiger partial charge on any atom is -0.508 e. The molecule has 1 aliphatic rings. The zero-order chi connectivity index (χ0) is 9.80. The molecule has 0 aromatic heterocycles. The zero-order valence-corrected chi connectivity index (χ0v) is 8.58. The van der Waals surface area contributed by atoms with Crippen LogP contribution in [0.25, 0.3) is 0 Å². The number of hydrogen-bond acceptors (Lipinski definition) is 1. The van der Waals surface area contributed by atoms with Gasteiger partial charge in [-0.25, -0.2) is 0 Å². The number of hydrogen-bond donors (Lipinski definition) is 1. The largest absolute Gasteiger partial charge is 0.508 e. The molecule has 0 saturated heterocycles. The fourth-order valence-corrected chi connectivity index (χ4v) is 2.42. The first-order valence-corrected chi connectivity index (χ1v) is 5.66. The smallest absolute Gasteiger partial charge is 0.119 e. The summed E-state index contributed by atoms with van der Waals surface area (Å²) in [5, 5.41) is 9.75. The van der Waals surface area contributed by atoms with Gasteiger partial charge in [-0.2, -0.15) is 0 Å². The summed E-state index contributed by atoms with van der Waals surface area (Å²) in [7, 11) is 0. The highest BCUT2D eigenvalue weighted by atomic mass is 16.3. The van der Waals surface area contributed by atoms with Gasteiger partial charge in [0, 0.05) is 0 Å². The summed E-state index contributed by atoms with van der Waals surface area (Å²) in [6.07, 6.45) is 7.86. The summed E-state index contributed by atoms with van der Waals surface area (Å²) in [4.78, 5) is 0. The summed E-state index contributed by atoms with van der Waals surface area (Å²) in [6.45, 7) is 0. The van der Waals surface area contributed by atoms with Crippen LogP contribution >= 0.6 is 0 Å². The summed E-state index contributed by atoms with van der Waals surface area (Å²) in [6, 6.07) is 7.81. The molecule has 1 saturated carbocycles. The third-order valence-electron chi connectivity index (χ3n) is 3.23. The van der Waals surface area contributed by atoms with Gasteiger partial charge in [0.1, 0.15) is 5.75 Å². The normalized spacial score (nSPS) is 19.1. The van der Waals surface area contributed by atoms with Crippen LogP contribution < -0.4 is 0 Å². The molecule has 0 amide bonds. The molecule has 2 rings (SSSR count). The van der Waals surface area contributed by atoms with E-state index in [0.29, 0.717) is 11.7 Å². The van der Waals surface area contributed by atoms with E-state index in [0.717, 1.165) is 5.56 Å². The van der Waals surface area contributed by atoms with Crippen molar-refractivity contribution in [3.63, 3.8) is 0 Å². The average Bonchev–Trinajstić information content (AvgIpc) is 2.47. The maximum Gasteiger partial charge on any atom is 0.119 e. The molecule has 1 heteroatoms. The van der Waals surface area contributed by atoms with Crippen LogP contribution in [0, 0.1) is 0 Å². The molecule has 14 heavy (non-hydrogen) atoms. The second-order valence-electron chi connectivity index (χ2n) is 4.25. The quantitative estimate of drug-likeness (QED) is 0.667. The first-order chi connectivity index (χ1) is 6.88. The van der Waals surface area contributed by atoms with Crippen LogP contribution in [0.15, 0.2) is 24.3 Å². The molecule has 0 unspecified atom stereocenters. The van der Waals surface area contributed by atoms with Crippen molar-refractivity contribution in [2.24, 2.45) is 0 Å². The first kappa shape index (κ1) is 9.57. The summed E-state index contributed by atoms with van der Waals surface area (Å²) >= 11 is 0. The van der Waals surface area contributed by atoms with Gasteiger partial charge in [-0.3, -0.25) is 0 Å². The van der Waals surface area contributed by atoms with Gasteiger partial charge in [-0.05, 0) is 30.4 Å². The number of para-hydroxylation sites is 1. The fourth-order valence-electron chi connectivity index (χ4n) is 2.42. The van der Waals surface area contributed by atoms with Gasteiger partial charge in [0.05, 0.1) is 0 Å². The Morgan fingerprint density at radius 1 is 0.929 bits per heavy atom. The van der Waals surface area contributed by atoms with Crippen molar-refractivity contribution in [1.29, 1.82) is 0 Å². The van der Waals surface area contributed by atoms with Crippen LogP contribution in [0.2, 0.25) is 0 Å². The van der Waals surface area contributed by atoms with E-state index < -0.39 is 0 Å². The van der Waals surface area contributed by atoms with Gasteiger partial charge in [0.25, 0.3) is 0 Å². The van der Waals surface area contributed by atoms with E-state index in [1.807, 2.05) is 12.1 Å². The number of phenols is 1. The molecular weight excluding hydrogens is 172 g/mol. The molecule has 76 valence electrons. The Hall–Kier alpha value is -0.980. The molecule has 1 N–H and O–H groups in total. The van der Waals surface area contributed by atoms with Crippen molar-refractivity contribution in [3.05, 3.63) is 29.8 Å². The number of rotatable bonds is 1. The van der Waals surface area contributed by atoms with Crippen molar-refractivity contribution >= 4 is 0 Å². The van der Waals surface area contributed by atoms with Crippen LogP contribution in [0.4, 0.5) is 0 Å². The molecular formula is C13H18O. The number of benzene rings is 1. The molecule has 0 heterocycles. The Labute approximate surface area is 85.8 Å². The third-order valence-corrected chi connectivity index (χ3v) is 3.23. The predicted molar refractivity (Wildman–Crippen MR) is 58.5 cm³/mol. The van der Waals surface area contributed by atoms with Crippen molar-refractivity contribution in [3.8, 4) is 5.75 Å². The third kappa shape index (κ3) is 2.09. The molecule has 0 radical (unpaired) electrons. The fraction of sp³-hybridized carbons (Fsp3) is 0.538. The van der Waals surface area contributed by atoms with Gasteiger partial charge in [0.15, 0.2) is 0 Å². The van der Waals surface area contributed by atoms with Crippen molar-refractivity contribution < 1.29 is 5.11 Å². The van der Waals surface area contributed by atoms with E-state index in [2.05, 4.69) is 6.07 Å². The Balaban J connectivity index is 2.16. The van der Waals surface area contributed by atoms with Crippen molar-refractivity contribution in [1.82, 2.24) is 0 Å². The van der Waals surface area contributed by atoms with Gasteiger partial charge >= 0.3 is 0 Å². The van der Waals surface area contributed by atoms with Crippen LogP contribution in [0.3, 0.4) is 0 Å². The maximum absolute atomic E-state index is 9.75. The van der Waals surface area contributed by atoms with E-state index in [4.69, 9.17) is 0 Å². The molecule has 1 nitrogen and oxygen atoms in total. The molecule has 1 aliphatic carbocycles. The van der Waals surface area contributed by atoms with Crippen molar-refractivity contribution in [2.45, 2.75) is 44.4 Å². The van der Waals surface area contributed by atoms with Crippen LogP contribution in [-0.2, 0) is 0 Å². The lowest BCUT2D eigenvalue weighted by molar-refractivity contribution is 0.454. The minimum atomic E-state index is 0.486. The molecule has 0 atom stereocenters. The molecule has 1 aromatic carbocycles. The second kappa shape index (κ2) is 4.50. The summed E-state index contributed by atoms with van der Waals surface area (Å²) in [5.41, 5.74) is 1.16. The lowest BCUT2D eigenvalue weighted by Crippen LogP contribution is -1.97. The Morgan fingerprint density at radius 2 is 1.57 bits per heavy atom. The van der Waals surface area contributed by atoms with Gasteiger partial charge in [0.2, 0.25) is 0 Å². The Morgan fingerprint density at radius 3 is 2.21 bits per heavy atom. The lowest BCUT2D eigenvalue weighted by atomic mass is 9.91. The SMILES string of the molecule is Oc1ccccc1C1CCCCCC1. The molecule has 0 aliphatic heterocycles. The van der Waals surface area contributed by atoms with E-state index in [1.165, 1.54) is 38.5 Å². The van der Waals surface area contributed by atoms with E-state index in [9.17, 15) is 5.11 Å². The highest BCUT2D eigenvalue weighted by Crippen LogP contribution is 2.35. The first-order valence-electron chi connectivity index (χ1n) is 5.66. The highest BCUT2D eigenvalue weighted by Gasteiger charge is 2.16. The van der Waals surface area contributed by atoms with Gasteiger partial charge in [-0.15, -0.1) is 0 Å². The maximum atomic E-state index is 9.75. The highest BCUT2D eigenvalue weighted by molar-refractivity contribution is 5.34. The van der Waals surface area contributed by atoms with E-state index >= 15 is 0 Å². The van der Waals surface area contributed by atoms with Gasteiger partial charge in [-0.1, -0.05) is 43.9 Å². The van der Waals surface area contributed by atoms with Crippen LogP contribution in [-0.4, -0.2) is 5.11 Å². The number of aromatic hydroxyl groups is 1. The van der Waals surface area contributed by atoms with Crippen molar-refractivity contribution in [2.75, 3.05) is 0 Å². The number of phenolic OH excluding ortho intramolecular Hbond substituents is 1. The van der Waals surface area contributed by atoms with Crippen LogP contribution in [0.1, 0.15) is 50.0 Å². The second-order valence-corrected chi connectivity index (χ2v) is 4.25. The van der Waals surface area contributed by atoms with Crippen LogP contribution in [0.5, 0.6) is 5.75 Å². The minimum absolute atomic E-state index is 0.486. The summed E-state index contributed by atoms with van der Waals surface area (Å²) < 4.78 is 0. The van der Waals surface area contributed by atoms with Gasteiger partial charge < -0.3 is 5.11 Å². The monoisotopic (exact) mass is 190 g/mol. The molecule has 0 spiro atoms. The standard InChI is InChI=1S/C13H18O/c14-13-10-6-5-9-12(13)11-7-3-1-2-4-8-11/h5-6,9-11,14H,1-4,7-8H2. The molecule has 1 fully saturated rings. The summed E-state index contributed by atoms with van der Waals surface area (Å²) in [5.74, 6) is 1.08. The lowest BCUT2D eigenvalue weighted by Gasteiger charge is -2.15. The molecule has 1 aromatic rings. The molecule has 0 bridgehead atoms. The Bertz CT molecular complexity index is 285. The average molecular weight is 190 g/mol. The zero-order valence-electron chi connectivity index (χ0n) is 8.58. The topological polar surface area (TPSA) is 20.2 Å². The van der Waals surface area contributed by atoms with E-state index in [-0.39, 0.29) is 0 Å². The van der Waals surface area contributed by atoms with E-state index in [1.54, 1.807) is 6.07 Å².